The number of alkyl halides is 2. The van der Waals surface area contributed by atoms with Gasteiger partial charge < -0.3 is 36.0 Å². The van der Waals surface area contributed by atoms with Crippen LogP contribution in [0.2, 0.25) is 0 Å². The maximum atomic E-state index is 13.6. The van der Waals surface area contributed by atoms with Crippen molar-refractivity contribution < 1.29 is 33.4 Å². The topological polar surface area (TPSA) is 186 Å². The van der Waals surface area contributed by atoms with Crippen molar-refractivity contribution in [1.29, 1.82) is 10.8 Å². The number of hydrogen-bond acceptors (Lipinski definition) is 7. The number of aliphatic hydroxyl groups is 1. The van der Waals surface area contributed by atoms with Crippen molar-refractivity contribution in [3.05, 3.63) is 29.3 Å². The maximum absolute atomic E-state index is 13.6. The van der Waals surface area contributed by atoms with Gasteiger partial charge in [0.05, 0.1) is 30.3 Å². The Morgan fingerprint density at radius 2 is 1.93 bits per heavy atom. The van der Waals surface area contributed by atoms with Crippen LogP contribution in [-0.2, 0) is 10.2 Å². The Morgan fingerprint density at radius 3 is 2.60 bits per heavy atom. The highest BCUT2D eigenvalue weighted by Gasteiger charge is 2.75. The van der Waals surface area contributed by atoms with Gasteiger partial charge in [0.25, 0.3) is 11.8 Å². The van der Waals surface area contributed by atoms with Gasteiger partial charge in [-0.2, -0.15) is 13.8 Å². The predicted molar refractivity (Wildman–Crippen MR) is 137 cm³/mol. The Bertz CT molecular complexity index is 1280. The van der Waals surface area contributed by atoms with Gasteiger partial charge >= 0.3 is 5.92 Å². The number of benzene rings is 1. The van der Waals surface area contributed by atoms with Crippen molar-refractivity contribution >= 4 is 23.7 Å². The van der Waals surface area contributed by atoms with E-state index in [1.807, 2.05) is 6.07 Å². The van der Waals surface area contributed by atoms with Crippen molar-refractivity contribution in [2.75, 3.05) is 19.7 Å². The summed E-state index contributed by atoms with van der Waals surface area (Å²) in [6, 6.07) is 2.14. The van der Waals surface area contributed by atoms with Gasteiger partial charge in [-0.3, -0.25) is 25.6 Å². The number of fused-ring (bicyclic) bond motifs is 1. The summed E-state index contributed by atoms with van der Waals surface area (Å²) in [5, 5.41) is 50.9. The van der Waals surface area contributed by atoms with E-state index >= 15 is 0 Å². The number of nitrogens with one attached hydrogen (secondary N) is 6. The molecule has 4 aliphatic heterocycles. The monoisotopic (exact) mass is 564 g/mol. The van der Waals surface area contributed by atoms with E-state index in [9.17, 15) is 28.7 Å². The van der Waals surface area contributed by atoms with Gasteiger partial charge in [0.15, 0.2) is 11.6 Å². The minimum atomic E-state index is -3.64. The fourth-order valence-corrected chi connectivity index (χ4v) is 6.33. The second kappa shape index (κ2) is 8.89. The molecule has 4 heterocycles. The van der Waals surface area contributed by atoms with Crippen LogP contribution in [0.15, 0.2) is 18.2 Å². The van der Waals surface area contributed by atoms with Crippen molar-refractivity contribution in [3.63, 3.8) is 0 Å². The molecule has 5 rings (SSSR count). The van der Waals surface area contributed by atoms with E-state index in [1.165, 1.54) is 11.8 Å². The lowest BCUT2D eigenvalue weighted by Crippen LogP contribution is -2.81. The van der Waals surface area contributed by atoms with Crippen molar-refractivity contribution in [2.24, 2.45) is 0 Å². The fourth-order valence-electron chi connectivity index (χ4n) is 6.33. The van der Waals surface area contributed by atoms with E-state index < -0.39 is 59.6 Å². The van der Waals surface area contributed by atoms with Crippen LogP contribution in [0.5, 0.6) is 5.75 Å². The molecule has 3 saturated heterocycles. The van der Waals surface area contributed by atoms with Crippen LogP contribution in [-0.4, -0.2) is 99.0 Å². The van der Waals surface area contributed by atoms with Crippen LogP contribution in [0.3, 0.4) is 0 Å². The zero-order valence-corrected chi connectivity index (χ0v) is 22.6. The summed E-state index contributed by atoms with van der Waals surface area (Å²) >= 11 is 0. The minimum Gasteiger partial charge on any atom is -0.492 e. The molecule has 0 saturated carbocycles. The number of hydrogen-bond donors (Lipinski definition) is 8. The first-order valence-corrected chi connectivity index (χ1v) is 13.0. The van der Waals surface area contributed by atoms with Crippen LogP contribution in [0.4, 0.5) is 8.78 Å². The van der Waals surface area contributed by atoms with Gasteiger partial charge in [-0.05, 0) is 24.8 Å². The lowest BCUT2D eigenvalue weighted by Gasteiger charge is -2.54. The van der Waals surface area contributed by atoms with Gasteiger partial charge in [-0.1, -0.05) is 26.0 Å². The largest absolute Gasteiger partial charge is 0.492 e. The minimum absolute atomic E-state index is 0.138. The molecule has 3 fully saturated rings. The first kappa shape index (κ1) is 27.8. The summed E-state index contributed by atoms with van der Waals surface area (Å²) in [6.45, 7) is 5.82. The number of guanidine groups is 2. The summed E-state index contributed by atoms with van der Waals surface area (Å²) in [7, 11) is 0. The number of nitrogens with zero attached hydrogens (tertiary/aromatic N) is 2. The summed E-state index contributed by atoms with van der Waals surface area (Å²) in [5.41, 5.74) is -2.96. The highest BCUT2D eigenvalue weighted by atomic mass is 19.3. The number of carbonyl (C=O) groups excluding carboxylic acids is 2. The molecule has 0 unspecified atom stereocenters. The smallest absolute Gasteiger partial charge is 0.321 e. The average Bonchev–Trinajstić information content (AvgIpc) is 3.27. The molecular weight excluding hydrogens is 530 g/mol. The number of hydroxylamine groups is 2. The molecular formula is C25H34F2N8O5. The van der Waals surface area contributed by atoms with Crippen LogP contribution < -0.4 is 26.0 Å². The van der Waals surface area contributed by atoms with Crippen molar-refractivity contribution in [1.82, 2.24) is 31.2 Å². The maximum Gasteiger partial charge on any atom is 0.321 e. The number of ether oxygens (including phenoxy) is 1. The van der Waals surface area contributed by atoms with Gasteiger partial charge in [0.1, 0.15) is 11.4 Å². The highest BCUT2D eigenvalue weighted by Crippen LogP contribution is 2.48. The second-order valence-electron chi connectivity index (χ2n) is 11.7. The number of amides is 2. The molecule has 5 atom stereocenters. The summed E-state index contributed by atoms with van der Waals surface area (Å²) in [4.78, 5) is 26.7. The Balaban J connectivity index is 1.46. The first-order chi connectivity index (χ1) is 18.5. The molecule has 0 radical (unpaired) electrons. The van der Waals surface area contributed by atoms with Crippen LogP contribution in [0.25, 0.3) is 0 Å². The molecule has 15 heteroatoms. The molecule has 2 amide bonds. The lowest BCUT2D eigenvalue weighted by molar-refractivity contribution is -0.218. The lowest BCUT2D eigenvalue weighted by atomic mass is 9.77. The van der Waals surface area contributed by atoms with Crippen LogP contribution in [0.1, 0.15) is 50.0 Å². The molecule has 1 spiro atoms. The SMILES string of the molecule is CC(F)(F)C(=O)NC[C@@H]1NC(=N)N2C[C@H](NC(=O)c3cccc4c3OCCC4(C)C)[C@](C)(O)[C@]23[C@H]1NC(=N)N3O. The summed E-state index contributed by atoms with van der Waals surface area (Å²) < 4.78 is 32.8. The van der Waals surface area contributed by atoms with Gasteiger partial charge in [-0.25, -0.2) is 0 Å². The third-order valence-corrected chi connectivity index (χ3v) is 8.60. The number of para-hydroxylation sites is 1. The molecule has 1 aromatic carbocycles. The molecule has 8 N–H and O–H groups in total. The highest BCUT2D eigenvalue weighted by molar-refractivity contribution is 5.98. The quantitative estimate of drug-likeness (QED) is 0.241. The van der Waals surface area contributed by atoms with Crippen molar-refractivity contribution in [2.45, 2.75) is 74.8 Å². The molecule has 13 nitrogen and oxygen atoms in total. The predicted octanol–water partition coefficient (Wildman–Crippen LogP) is -0.116. The number of halogens is 2. The van der Waals surface area contributed by atoms with E-state index in [-0.39, 0.29) is 23.5 Å². The summed E-state index contributed by atoms with van der Waals surface area (Å²) in [6.07, 6.45) is 0.777. The van der Waals surface area contributed by atoms with Crippen LogP contribution in [0, 0.1) is 10.8 Å². The third-order valence-electron chi connectivity index (χ3n) is 8.60. The molecule has 40 heavy (non-hydrogen) atoms. The first-order valence-electron chi connectivity index (χ1n) is 13.0. The normalized spacial score (nSPS) is 32.2. The second-order valence-corrected chi connectivity index (χ2v) is 11.7. The van der Waals surface area contributed by atoms with Gasteiger partial charge in [0.2, 0.25) is 5.96 Å². The molecule has 0 aromatic heterocycles. The fraction of sp³-hybridized carbons (Fsp3) is 0.600. The zero-order valence-electron chi connectivity index (χ0n) is 22.6. The number of carbonyl (C=O) groups is 2. The Kier molecular flexibility index (Phi) is 6.19. The van der Waals surface area contributed by atoms with E-state index in [2.05, 4.69) is 35.1 Å². The zero-order chi connectivity index (χ0) is 29.4. The van der Waals surface area contributed by atoms with Crippen molar-refractivity contribution in [3.8, 4) is 5.75 Å². The molecule has 4 aliphatic rings. The molecule has 0 aliphatic carbocycles. The van der Waals surface area contributed by atoms with E-state index in [1.54, 1.807) is 12.1 Å². The van der Waals surface area contributed by atoms with E-state index in [4.69, 9.17) is 15.6 Å². The van der Waals surface area contributed by atoms with E-state index in [0.717, 1.165) is 12.0 Å². The Morgan fingerprint density at radius 1 is 1.23 bits per heavy atom. The molecule has 0 bridgehead atoms. The third kappa shape index (κ3) is 3.85. The Hall–Kier alpha value is -3.72. The van der Waals surface area contributed by atoms with Gasteiger partial charge in [0, 0.05) is 25.6 Å². The standard InChI is InChI=1S/C25H34F2N8O5/c1-22(2)8-9-40-16-12(6-5-7-13(16)22)18(36)32-15-11-34-20(28)31-14(10-30-19(37)24(4,26)27)17-25(34,23(15,3)38)35(39)21(29)33-17/h5-7,14-15,17,38-39H,8-11H2,1-4H3,(H2,28,31)(H2,29,33)(H,30,37)(H,32,36)/t14-,15-,17-,23-,25+/m0/s1. The number of rotatable bonds is 5. The molecule has 1 aromatic rings. The van der Waals surface area contributed by atoms with E-state index in [0.29, 0.717) is 24.3 Å². The Labute approximate surface area is 229 Å². The molecule has 218 valence electrons. The van der Waals surface area contributed by atoms with Gasteiger partial charge in [-0.15, -0.1) is 0 Å². The average molecular weight is 565 g/mol. The van der Waals surface area contributed by atoms with Crippen LogP contribution >= 0.6 is 0 Å². The summed E-state index contributed by atoms with van der Waals surface area (Å²) in [5.74, 6) is -6.07.